The van der Waals surface area contributed by atoms with E-state index in [0.29, 0.717) is 11.4 Å². The summed E-state index contributed by atoms with van der Waals surface area (Å²) in [4.78, 5) is 15.1. The van der Waals surface area contributed by atoms with Crippen molar-refractivity contribution in [1.29, 1.82) is 0 Å². The number of nitrogen functional groups attached to an aromatic ring is 1. The minimum atomic E-state index is -0.520. The molecule has 0 atom stereocenters. The fourth-order valence-electron chi connectivity index (χ4n) is 3.79. The molecule has 0 spiro atoms. The number of benzene rings is 3. The molecule has 0 saturated carbocycles. The molecule has 36 heavy (non-hydrogen) atoms. The molecule has 0 aliphatic heterocycles. The van der Waals surface area contributed by atoms with Gasteiger partial charge in [0.25, 0.3) is 5.91 Å². The molecule has 0 fully saturated rings. The summed E-state index contributed by atoms with van der Waals surface area (Å²) in [5, 5.41) is 22.1. The van der Waals surface area contributed by atoms with Gasteiger partial charge in [0.1, 0.15) is 0 Å². The Morgan fingerprint density at radius 3 is 2.56 bits per heavy atom. The standard InChI is InChI=1S/C25H23N9O2/c1-16(18-13-12-17-8-6-7-9-19(17)14-18)27-29-25(35)22-21(15-33(2)20-10-4-3-5-11-20)34(32-28-22)24-23(26)30-36-31-24/h3-14H,15H2,1-2H3,(H2,26,30)(H,29,35)/b27-16+. The number of aromatic nitrogens is 5. The summed E-state index contributed by atoms with van der Waals surface area (Å²) in [5.74, 6) is -0.345. The zero-order valence-corrected chi connectivity index (χ0v) is 19.7. The second kappa shape index (κ2) is 9.66. The first-order valence-corrected chi connectivity index (χ1v) is 11.1. The predicted octanol–water partition coefficient (Wildman–Crippen LogP) is 3.18. The molecule has 0 unspecified atom stereocenters. The summed E-state index contributed by atoms with van der Waals surface area (Å²) < 4.78 is 6.07. The first-order valence-electron chi connectivity index (χ1n) is 11.1. The highest BCUT2D eigenvalue weighted by atomic mass is 16.6. The van der Waals surface area contributed by atoms with Crippen LogP contribution in [-0.2, 0) is 6.54 Å². The Balaban J connectivity index is 1.43. The number of fused-ring (bicyclic) bond motifs is 1. The van der Waals surface area contributed by atoms with Crippen molar-refractivity contribution in [2.24, 2.45) is 5.10 Å². The topological polar surface area (TPSA) is 140 Å². The lowest BCUT2D eigenvalue weighted by Gasteiger charge is -2.19. The molecule has 2 aromatic heterocycles. The number of hydrazone groups is 1. The van der Waals surface area contributed by atoms with Crippen LogP contribution in [0.2, 0.25) is 0 Å². The average Bonchev–Trinajstić information content (AvgIpc) is 3.52. The highest BCUT2D eigenvalue weighted by molar-refractivity contribution is 6.03. The third-order valence-corrected chi connectivity index (χ3v) is 5.75. The third kappa shape index (κ3) is 4.49. The smallest absolute Gasteiger partial charge is 0.293 e. The lowest BCUT2D eigenvalue weighted by Crippen LogP contribution is -2.25. The van der Waals surface area contributed by atoms with E-state index in [0.717, 1.165) is 22.0 Å². The van der Waals surface area contributed by atoms with Gasteiger partial charge in [0.05, 0.1) is 18.0 Å². The van der Waals surface area contributed by atoms with Gasteiger partial charge in [-0.15, -0.1) is 5.10 Å². The van der Waals surface area contributed by atoms with Gasteiger partial charge in [0, 0.05) is 12.7 Å². The lowest BCUT2D eigenvalue weighted by molar-refractivity contribution is 0.0949. The number of amides is 1. The van der Waals surface area contributed by atoms with Gasteiger partial charge in [0.15, 0.2) is 5.69 Å². The number of nitrogens with two attached hydrogens (primary N) is 1. The number of carbonyl (C=O) groups excluding carboxylic acids is 1. The molecule has 3 N–H and O–H groups in total. The molecule has 11 heteroatoms. The fourth-order valence-corrected chi connectivity index (χ4v) is 3.79. The van der Waals surface area contributed by atoms with Gasteiger partial charge in [-0.25, -0.2) is 10.1 Å². The molecule has 0 aliphatic rings. The predicted molar refractivity (Wildman–Crippen MR) is 136 cm³/mol. The van der Waals surface area contributed by atoms with Crippen LogP contribution in [0.1, 0.15) is 28.7 Å². The summed E-state index contributed by atoms with van der Waals surface area (Å²) in [7, 11) is 1.89. The number of anilines is 2. The van der Waals surface area contributed by atoms with Crippen LogP contribution < -0.4 is 16.1 Å². The number of nitrogens with zero attached hydrogens (tertiary/aromatic N) is 7. The van der Waals surface area contributed by atoms with Crippen molar-refractivity contribution < 1.29 is 9.42 Å². The molecule has 3 aromatic carbocycles. The van der Waals surface area contributed by atoms with Gasteiger partial charge in [0.2, 0.25) is 11.6 Å². The second-order valence-corrected chi connectivity index (χ2v) is 8.16. The summed E-state index contributed by atoms with van der Waals surface area (Å²) >= 11 is 0. The van der Waals surface area contributed by atoms with Gasteiger partial charge in [-0.1, -0.05) is 59.8 Å². The SMILES string of the molecule is C/C(=N\NC(=O)c1nnn(-c2nonc2N)c1CN(C)c1ccccc1)c1ccc2ccccc2c1. The molecule has 11 nitrogen and oxygen atoms in total. The number of nitrogens with one attached hydrogen (secondary N) is 1. The molecular weight excluding hydrogens is 458 g/mol. The van der Waals surface area contributed by atoms with Crippen molar-refractivity contribution >= 4 is 33.9 Å². The van der Waals surface area contributed by atoms with Crippen LogP contribution in [0.4, 0.5) is 11.5 Å². The lowest BCUT2D eigenvalue weighted by atomic mass is 10.0. The van der Waals surface area contributed by atoms with Crippen LogP contribution in [0.15, 0.2) is 82.5 Å². The first-order chi connectivity index (χ1) is 17.5. The van der Waals surface area contributed by atoms with Gasteiger partial charge in [-0.3, -0.25) is 4.79 Å². The van der Waals surface area contributed by atoms with Crippen LogP contribution >= 0.6 is 0 Å². The summed E-state index contributed by atoms with van der Waals surface area (Å²) in [5.41, 5.74) is 11.5. The molecule has 5 aromatic rings. The van der Waals surface area contributed by atoms with E-state index < -0.39 is 5.91 Å². The zero-order valence-electron chi connectivity index (χ0n) is 19.7. The molecule has 180 valence electrons. The van der Waals surface area contributed by atoms with Crippen molar-refractivity contribution in [2.75, 3.05) is 17.7 Å². The van der Waals surface area contributed by atoms with Crippen molar-refractivity contribution in [2.45, 2.75) is 13.5 Å². The first kappa shape index (κ1) is 22.7. The Kier molecular flexibility index (Phi) is 6.10. The third-order valence-electron chi connectivity index (χ3n) is 5.75. The number of rotatable bonds is 7. The van der Waals surface area contributed by atoms with Gasteiger partial charge < -0.3 is 10.6 Å². The van der Waals surface area contributed by atoms with Gasteiger partial charge >= 0.3 is 0 Å². The molecular formula is C25H23N9O2. The largest absolute Gasteiger partial charge is 0.378 e. The second-order valence-electron chi connectivity index (χ2n) is 8.16. The van der Waals surface area contributed by atoms with Crippen LogP contribution in [0, 0.1) is 0 Å². The Bertz CT molecular complexity index is 1560. The van der Waals surface area contributed by atoms with E-state index in [2.05, 4.69) is 31.2 Å². The van der Waals surface area contributed by atoms with E-state index in [4.69, 9.17) is 10.4 Å². The molecule has 0 aliphatic carbocycles. The van der Waals surface area contributed by atoms with Crippen molar-refractivity contribution in [3.63, 3.8) is 0 Å². The molecule has 2 heterocycles. The molecule has 5 rings (SSSR count). The van der Waals surface area contributed by atoms with Crippen LogP contribution in [0.25, 0.3) is 16.6 Å². The highest BCUT2D eigenvalue weighted by Crippen LogP contribution is 2.21. The normalized spacial score (nSPS) is 11.6. The monoisotopic (exact) mass is 481 g/mol. The number of hydrogen-bond acceptors (Lipinski definition) is 9. The minimum absolute atomic E-state index is 0.0284. The molecule has 0 bridgehead atoms. The van der Waals surface area contributed by atoms with E-state index in [1.54, 1.807) is 0 Å². The number of carbonyl (C=O) groups is 1. The van der Waals surface area contributed by atoms with Gasteiger partial charge in [-0.05, 0) is 51.8 Å². The maximum Gasteiger partial charge on any atom is 0.293 e. The number of para-hydroxylation sites is 1. The van der Waals surface area contributed by atoms with Crippen LogP contribution in [0.5, 0.6) is 0 Å². The van der Waals surface area contributed by atoms with E-state index in [-0.39, 0.29) is 23.9 Å². The average molecular weight is 482 g/mol. The summed E-state index contributed by atoms with van der Waals surface area (Å²) in [6.45, 7) is 2.10. The fraction of sp³-hybridized carbons (Fsp3) is 0.120. The van der Waals surface area contributed by atoms with Crippen molar-refractivity contribution in [3.8, 4) is 5.82 Å². The van der Waals surface area contributed by atoms with Crippen LogP contribution in [0.3, 0.4) is 0 Å². The number of hydrogen-bond donors (Lipinski definition) is 2. The highest BCUT2D eigenvalue weighted by Gasteiger charge is 2.25. The quantitative estimate of drug-likeness (QED) is 0.267. The van der Waals surface area contributed by atoms with Crippen molar-refractivity contribution in [3.05, 3.63) is 89.7 Å². The van der Waals surface area contributed by atoms with Crippen molar-refractivity contribution in [1.82, 2.24) is 30.7 Å². The summed E-state index contributed by atoms with van der Waals surface area (Å²) in [6, 6.07) is 23.8. The van der Waals surface area contributed by atoms with Gasteiger partial charge in [-0.2, -0.15) is 9.78 Å². The van der Waals surface area contributed by atoms with E-state index in [1.165, 1.54) is 4.68 Å². The van der Waals surface area contributed by atoms with E-state index in [1.807, 2.05) is 91.7 Å². The Labute approximate surface area is 206 Å². The molecule has 1 amide bonds. The Morgan fingerprint density at radius 2 is 1.81 bits per heavy atom. The Hall–Kier alpha value is -5.06. The van der Waals surface area contributed by atoms with E-state index in [9.17, 15) is 4.79 Å². The summed E-state index contributed by atoms with van der Waals surface area (Å²) in [6.07, 6.45) is 0. The molecule has 0 saturated heterocycles. The zero-order chi connectivity index (χ0) is 25.1. The van der Waals surface area contributed by atoms with Crippen LogP contribution in [-0.4, -0.2) is 44.0 Å². The maximum atomic E-state index is 13.2. The van der Waals surface area contributed by atoms with E-state index >= 15 is 0 Å². The minimum Gasteiger partial charge on any atom is -0.378 e. The maximum absolute atomic E-state index is 13.2. The Morgan fingerprint density at radius 1 is 1.06 bits per heavy atom. The molecule has 0 radical (unpaired) electrons.